The topological polar surface area (TPSA) is 81.6 Å². The Bertz CT molecular complexity index is 1340. The molecular formula is C29H32F3N5O2. The Morgan fingerprint density at radius 1 is 1.13 bits per heavy atom. The van der Waals surface area contributed by atoms with Gasteiger partial charge < -0.3 is 10.0 Å². The first kappa shape index (κ1) is 26.9. The van der Waals surface area contributed by atoms with E-state index in [1.807, 2.05) is 22.0 Å². The third-order valence-electron chi connectivity index (χ3n) is 7.73. The summed E-state index contributed by atoms with van der Waals surface area (Å²) in [6.07, 6.45) is 0.0483. The molecule has 2 N–H and O–H groups in total. The number of halogens is 3. The molecular weight excluding hydrogens is 507 g/mol. The average molecular weight is 540 g/mol. The second kappa shape index (κ2) is 10.5. The molecule has 1 saturated carbocycles. The van der Waals surface area contributed by atoms with Crippen molar-refractivity contribution in [2.45, 2.75) is 70.9 Å². The summed E-state index contributed by atoms with van der Waals surface area (Å²) in [6, 6.07) is 13.4. The van der Waals surface area contributed by atoms with E-state index in [0.29, 0.717) is 23.0 Å². The minimum absolute atomic E-state index is 0.108. The predicted octanol–water partition coefficient (Wildman–Crippen LogP) is 6.54. The predicted molar refractivity (Wildman–Crippen MR) is 142 cm³/mol. The first-order valence-electron chi connectivity index (χ1n) is 13.2. The van der Waals surface area contributed by atoms with E-state index in [2.05, 4.69) is 48.3 Å². The Hall–Kier alpha value is -3.66. The van der Waals surface area contributed by atoms with Crippen molar-refractivity contribution in [2.75, 3.05) is 9.91 Å². The van der Waals surface area contributed by atoms with Crippen molar-refractivity contribution in [1.82, 2.24) is 15.4 Å². The van der Waals surface area contributed by atoms with Gasteiger partial charge in [-0.2, -0.15) is 13.2 Å². The lowest BCUT2D eigenvalue weighted by atomic mass is 9.81. The molecule has 2 unspecified atom stereocenters. The fourth-order valence-electron chi connectivity index (χ4n) is 5.21. The summed E-state index contributed by atoms with van der Waals surface area (Å²) >= 11 is 0. The molecule has 3 aromatic rings. The summed E-state index contributed by atoms with van der Waals surface area (Å²) in [4.78, 5) is 22.3. The highest BCUT2D eigenvalue weighted by molar-refractivity contribution is 5.85. The lowest BCUT2D eigenvalue weighted by molar-refractivity contribution is -0.137. The number of hydrogen-bond donors (Lipinski definition) is 2. The monoisotopic (exact) mass is 539 g/mol. The number of fused-ring (bicyclic) bond motifs is 1. The van der Waals surface area contributed by atoms with Crippen LogP contribution in [-0.4, -0.2) is 27.1 Å². The number of nitrogens with one attached hydrogen (secondary N) is 1. The van der Waals surface area contributed by atoms with Crippen LogP contribution in [0.5, 0.6) is 0 Å². The summed E-state index contributed by atoms with van der Waals surface area (Å²) in [7, 11) is 0. The van der Waals surface area contributed by atoms with E-state index in [1.54, 1.807) is 0 Å². The van der Waals surface area contributed by atoms with Gasteiger partial charge in [-0.3, -0.25) is 5.01 Å². The number of anilines is 2. The summed E-state index contributed by atoms with van der Waals surface area (Å²) in [6.45, 7) is 6.61. The van der Waals surface area contributed by atoms with Gasteiger partial charge in [-0.05, 0) is 60.4 Å². The molecule has 2 aliphatic rings. The molecule has 0 radical (unpaired) electrons. The van der Waals surface area contributed by atoms with Crippen LogP contribution in [0.4, 0.5) is 24.7 Å². The molecule has 0 spiro atoms. The number of benzene rings is 2. The van der Waals surface area contributed by atoms with Crippen molar-refractivity contribution in [2.24, 2.45) is 5.92 Å². The normalized spacial score (nSPS) is 18.3. The molecule has 2 atom stereocenters. The molecule has 5 rings (SSSR count). The van der Waals surface area contributed by atoms with Crippen LogP contribution < -0.4 is 15.3 Å². The molecule has 1 aliphatic heterocycles. The standard InChI is InChI=1S/C29H32F3N5O2/c1-17(2)21-8-5-9-22(14-21)27-36(16-19-10-12-23(13-11-19)29(30,31)32)24-15-33-25(28(38)39)34-26(24)37(27)35-18(3)20-6-4-7-20/h5,8-15,17-18,20,27,35H,4,6-7,16H2,1-3H3,(H,38,39). The highest BCUT2D eigenvalue weighted by Gasteiger charge is 2.41. The zero-order chi connectivity index (χ0) is 27.9. The number of hydrogen-bond acceptors (Lipinski definition) is 6. The molecule has 206 valence electrons. The zero-order valence-electron chi connectivity index (χ0n) is 22.1. The quantitative estimate of drug-likeness (QED) is 0.337. The Balaban J connectivity index is 1.60. The SMILES string of the molecule is CC(C)c1cccc(C2N(Cc3ccc(C(F)(F)F)cc3)c3cnc(C(=O)O)nc3N2NC(C)C2CCC2)c1. The molecule has 39 heavy (non-hydrogen) atoms. The van der Waals surface area contributed by atoms with Gasteiger partial charge in [0, 0.05) is 12.6 Å². The molecule has 0 saturated heterocycles. The Labute approximate surface area is 225 Å². The van der Waals surface area contributed by atoms with Gasteiger partial charge in [0.25, 0.3) is 0 Å². The Morgan fingerprint density at radius 2 is 1.85 bits per heavy atom. The van der Waals surface area contributed by atoms with Gasteiger partial charge in [0.1, 0.15) is 11.9 Å². The van der Waals surface area contributed by atoms with E-state index in [4.69, 9.17) is 0 Å². The number of carbonyl (C=O) groups is 1. The van der Waals surface area contributed by atoms with Crippen LogP contribution >= 0.6 is 0 Å². The molecule has 1 aromatic heterocycles. The van der Waals surface area contributed by atoms with Gasteiger partial charge in [0.05, 0.1) is 11.8 Å². The number of carboxylic acid groups (broad SMARTS) is 1. The van der Waals surface area contributed by atoms with E-state index in [9.17, 15) is 23.1 Å². The number of alkyl halides is 3. The summed E-state index contributed by atoms with van der Waals surface area (Å²) < 4.78 is 39.6. The Morgan fingerprint density at radius 3 is 2.44 bits per heavy atom. The number of nitrogens with zero attached hydrogens (tertiary/aromatic N) is 4. The van der Waals surface area contributed by atoms with Crippen molar-refractivity contribution >= 4 is 17.5 Å². The van der Waals surface area contributed by atoms with Crippen molar-refractivity contribution in [3.8, 4) is 0 Å². The maximum absolute atomic E-state index is 13.2. The first-order valence-corrected chi connectivity index (χ1v) is 13.2. The Kier molecular flexibility index (Phi) is 7.24. The van der Waals surface area contributed by atoms with Crippen LogP contribution in [0.3, 0.4) is 0 Å². The lowest BCUT2D eigenvalue weighted by Gasteiger charge is -2.39. The van der Waals surface area contributed by atoms with Crippen LogP contribution in [0.15, 0.2) is 54.7 Å². The van der Waals surface area contributed by atoms with Gasteiger partial charge in [-0.1, -0.05) is 56.7 Å². The second-order valence-corrected chi connectivity index (χ2v) is 10.7. The van der Waals surface area contributed by atoms with Crippen LogP contribution in [0.1, 0.15) is 85.0 Å². The van der Waals surface area contributed by atoms with Crippen molar-refractivity contribution in [1.29, 1.82) is 0 Å². The lowest BCUT2D eigenvalue weighted by Crippen LogP contribution is -2.51. The fraction of sp³-hybridized carbons (Fsp3) is 0.414. The van der Waals surface area contributed by atoms with Gasteiger partial charge in [0.15, 0.2) is 5.82 Å². The molecule has 2 heterocycles. The van der Waals surface area contributed by atoms with Crippen molar-refractivity contribution in [3.05, 3.63) is 82.8 Å². The average Bonchev–Trinajstić information content (AvgIpc) is 3.14. The molecule has 1 aliphatic carbocycles. The summed E-state index contributed by atoms with van der Waals surface area (Å²) in [5.74, 6) is -0.348. The summed E-state index contributed by atoms with van der Waals surface area (Å²) in [5, 5.41) is 11.5. The third kappa shape index (κ3) is 5.43. The molecule has 0 amide bonds. The molecule has 2 aromatic carbocycles. The maximum Gasteiger partial charge on any atom is 0.416 e. The highest BCUT2D eigenvalue weighted by Crippen LogP contribution is 2.46. The van der Waals surface area contributed by atoms with Gasteiger partial charge in [-0.15, -0.1) is 0 Å². The van der Waals surface area contributed by atoms with Crippen LogP contribution in [0.25, 0.3) is 0 Å². The molecule has 0 bridgehead atoms. The number of carboxylic acids is 1. The van der Waals surface area contributed by atoms with Crippen LogP contribution in [0, 0.1) is 5.92 Å². The van der Waals surface area contributed by atoms with E-state index in [1.165, 1.54) is 24.8 Å². The van der Waals surface area contributed by atoms with Gasteiger partial charge in [-0.25, -0.2) is 20.2 Å². The number of aromatic carboxylic acids is 1. The van der Waals surface area contributed by atoms with E-state index >= 15 is 0 Å². The smallest absolute Gasteiger partial charge is 0.416 e. The van der Waals surface area contributed by atoms with E-state index in [-0.39, 0.29) is 24.3 Å². The number of aromatic nitrogens is 2. The minimum atomic E-state index is -4.42. The van der Waals surface area contributed by atoms with Gasteiger partial charge in [0.2, 0.25) is 5.82 Å². The van der Waals surface area contributed by atoms with Crippen LogP contribution in [0.2, 0.25) is 0 Å². The van der Waals surface area contributed by atoms with E-state index in [0.717, 1.165) is 36.1 Å². The summed E-state index contributed by atoms with van der Waals surface area (Å²) in [5.41, 5.74) is 6.27. The van der Waals surface area contributed by atoms with Crippen molar-refractivity contribution < 1.29 is 23.1 Å². The number of rotatable bonds is 8. The third-order valence-corrected chi connectivity index (χ3v) is 7.73. The second-order valence-electron chi connectivity index (χ2n) is 10.7. The fourth-order valence-corrected chi connectivity index (χ4v) is 5.21. The molecule has 1 fully saturated rings. The van der Waals surface area contributed by atoms with E-state index < -0.39 is 23.9 Å². The van der Waals surface area contributed by atoms with Gasteiger partial charge >= 0.3 is 12.1 Å². The van der Waals surface area contributed by atoms with Crippen LogP contribution in [-0.2, 0) is 12.7 Å². The maximum atomic E-state index is 13.2. The zero-order valence-corrected chi connectivity index (χ0v) is 22.1. The number of hydrazine groups is 1. The first-order chi connectivity index (χ1) is 18.5. The molecule has 10 heteroatoms. The highest BCUT2D eigenvalue weighted by atomic mass is 19.4. The largest absolute Gasteiger partial charge is 0.475 e. The van der Waals surface area contributed by atoms with Crippen molar-refractivity contribution in [3.63, 3.8) is 0 Å². The minimum Gasteiger partial charge on any atom is -0.475 e. The molecule has 7 nitrogen and oxygen atoms in total.